The highest BCUT2D eigenvalue weighted by Gasteiger charge is 2.03. The molecule has 2 aliphatic carbocycles. The van der Waals surface area contributed by atoms with Crippen LogP contribution in [0.15, 0.2) is 22.6 Å². The first-order valence-electron chi connectivity index (χ1n) is 9.16. The predicted molar refractivity (Wildman–Crippen MR) is 87.9 cm³/mol. The molecule has 20 heavy (non-hydrogen) atoms. The van der Waals surface area contributed by atoms with Crippen LogP contribution in [0.5, 0.6) is 0 Å². The molecule has 0 aromatic rings. The SMILES string of the molecule is C1=C=C2CCCCCCCCC=1CCCCCCCC2. The first-order chi connectivity index (χ1) is 9.95. The van der Waals surface area contributed by atoms with Gasteiger partial charge in [0, 0.05) is 0 Å². The molecule has 0 atom stereocenters. The number of allylic oxidation sites excluding steroid dienone is 2. The van der Waals surface area contributed by atoms with E-state index in [9.17, 15) is 0 Å². The Hall–Kier alpha value is -0.700. The maximum Gasteiger partial charge on any atom is -0.0199 e. The lowest BCUT2D eigenvalue weighted by molar-refractivity contribution is 0.557. The molecule has 0 spiro atoms. The third-order valence-corrected chi connectivity index (χ3v) is 4.83. The Bertz CT molecular complexity index is 301. The fraction of sp³-hybridized carbons (Fsp3) is 0.800. The van der Waals surface area contributed by atoms with Gasteiger partial charge in [0.2, 0.25) is 0 Å². The van der Waals surface area contributed by atoms with Crippen molar-refractivity contribution in [1.29, 1.82) is 0 Å². The average Bonchev–Trinajstić information content (AvgIpc) is 2.44. The zero-order valence-corrected chi connectivity index (χ0v) is 13.3. The highest BCUT2D eigenvalue weighted by molar-refractivity contribution is 5.08. The van der Waals surface area contributed by atoms with E-state index in [1.165, 1.54) is 103 Å². The van der Waals surface area contributed by atoms with Gasteiger partial charge in [-0.3, -0.25) is 0 Å². The zero-order chi connectivity index (χ0) is 13.9. The molecule has 0 aliphatic heterocycles. The van der Waals surface area contributed by atoms with Crippen molar-refractivity contribution in [3.05, 3.63) is 22.6 Å². The molecule has 0 fully saturated rings. The number of rotatable bonds is 0. The molecular weight excluding hydrogens is 240 g/mol. The van der Waals surface area contributed by atoms with Gasteiger partial charge in [-0.2, -0.15) is 0 Å². The van der Waals surface area contributed by atoms with Crippen molar-refractivity contribution >= 4 is 0 Å². The molecule has 2 aliphatic rings. The van der Waals surface area contributed by atoms with Crippen molar-refractivity contribution in [3.8, 4) is 0 Å². The molecule has 0 aromatic carbocycles. The minimum absolute atomic E-state index is 1.28. The lowest BCUT2D eigenvalue weighted by atomic mass is 9.96. The maximum atomic E-state index is 3.59. The smallest absolute Gasteiger partial charge is 0.0199 e. The predicted octanol–water partition coefficient (Wildman–Crippen LogP) is 6.86. The van der Waals surface area contributed by atoms with Gasteiger partial charge in [0.1, 0.15) is 0 Å². The van der Waals surface area contributed by atoms with Gasteiger partial charge in [0.25, 0.3) is 0 Å². The van der Waals surface area contributed by atoms with E-state index in [1.54, 1.807) is 11.1 Å². The topological polar surface area (TPSA) is 0 Å². The van der Waals surface area contributed by atoms with E-state index < -0.39 is 0 Å². The van der Waals surface area contributed by atoms with E-state index in [0.717, 1.165) is 0 Å². The first kappa shape index (κ1) is 15.7. The summed E-state index contributed by atoms with van der Waals surface area (Å²) >= 11 is 0. The summed E-state index contributed by atoms with van der Waals surface area (Å²) in [6, 6.07) is 0. The van der Waals surface area contributed by atoms with E-state index in [4.69, 9.17) is 0 Å². The molecule has 0 nitrogen and oxygen atoms in total. The summed E-state index contributed by atoms with van der Waals surface area (Å²) in [5, 5.41) is 0. The summed E-state index contributed by atoms with van der Waals surface area (Å²) < 4.78 is 0. The normalized spacial score (nSPS) is 23.6. The minimum Gasteiger partial charge on any atom is -0.0712 e. The Morgan fingerprint density at radius 1 is 0.350 bits per heavy atom. The third kappa shape index (κ3) is 6.65. The largest absolute Gasteiger partial charge is 0.0712 e. The first-order valence-corrected chi connectivity index (χ1v) is 9.16. The molecule has 0 N–H and O–H groups in total. The fourth-order valence-electron chi connectivity index (χ4n) is 3.44. The summed E-state index contributed by atoms with van der Waals surface area (Å²) in [6.45, 7) is 0. The Labute approximate surface area is 126 Å². The highest BCUT2D eigenvalue weighted by Crippen LogP contribution is 2.22. The van der Waals surface area contributed by atoms with Gasteiger partial charge in [-0.1, -0.05) is 62.8 Å². The van der Waals surface area contributed by atoms with E-state index in [1.807, 2.05) is 0 Å². The van der Waals surface area contributed by atoms with Crippen molar-refractivity contribution in [2.45, 2.75) is 103 Å². The summed E-state index contributed by atoms with van der Waals surface area (Å²) in [7, 11) is 0. The van der Waals surface area contributed by atoms with Crippen molar-refractivity contribution in [3.63, 3.8) is 0 Å². The van der Waals surface area contributed by atoms with Gasteiger partial charge in [0.05, 0.1) is 0 Å². The van der Waals surface area contributed by atoms with Crippen LogP contribution in [0.3, 0.4) is 0 Å². The van der Waals surface area contributed by atoms with Gasteiger partial charge in [-0.05, 0) is 62.5 Å². The molecule has 0 radical (unpaired) electrons. The van der Waals surface area contributed by atoms with Crippen LogP contribution in [0.1, 0.15) is 103 Å². The number of hydrogen-bond acceptors (Lipinski definition) is 0. The zero-order valence-electron chi connectivity index (χ0n) is 13.3. The fourth-order valence-corrected chi connectivity index (χ4v) is 3.44. The van der Waals surface area contributed by atoms with Crippen LogP contribution in [0.4, 0.5) is 0 Å². The van der Waals surface area contributed by atoms with Crippen LogP contribution in [-0.4, -0.2) is 0 Å². The van der Waals surface area contributed by atoms with Crippen molar-refractivity contribution in [1.82, 2.24) is 0 Å². The van der Waals surface area contributed by atoms with Crippen LogP contribution < -0.4 is 0 Å². The molecule has 0 amide bonds. The molecular formula is C20H32. The van der Waals surface area contributed by atoms with Gasteiger partial charge >= 0.3 is 0 Å². The molecule has 0 aromatic heterocycles. The standard InChI is InChI=1S/C20H32/c1-2-6-10-14-20-16-12-8-4-3-7-11-15-19(17-18-20)13-9-5-1/h1-16H2. The highest BCUT2D eigenvalue weighted by atomic mass is 14.1. The van der Waals surface area contributed by atoms with E-state index in [0.29, 0.717) is 0 Å². The molecule has 0 heteroatoms. The second kappa shape index (κ2) is 10.1. The quantitative estimate of drug-likeness (QED) is 0.422. The summed E-state index contributed by atoms with van der Waals surface area (Å²) in [6.07, 6.45) is 22.0. The lowest BCUT2D eigenvalue weighted by Gasteiger charge is -2.09. The Morgan fingerprint density at radius 3 is 0.900 bits per heavy atom. The molecule has 2 rings (SSSR count). The third-order valence-electron chi connectivity index (χ3n) is 4.83. The van der Waals surface area contributed by atoms with Crippen molar-refractivity contribution in [2.24, 2.45) is 0 Å². The van der Waals surface area contributed by atoms with E-state index in [2.05, 4.69) is 11.5 Å². The van der Waals surface area contributed by atoms with Crippen molar-refractivity contribution in [2.75, 3.05) is 0 Å². The summed E-state index contributed by atoms with van der Waals surface area (Å²) in [5.41, 5.74) is 10.3. The second-order valence-electron chi connectivity index (χ2n) is 6.70. The van der Waals surface area contributed by atoms with Crippen LogP contribution >= 0.6 is 0 Å². The van der Waals surface area contributed by atoms with Crippen LogP contribution in [0.25, 0.3) is 0 Å². The Balaban J connectivity index is 2.12. The molecule has 112 valence electrons. The van der Waals surface area contributed by atoms with Crippen LogP contribution in [0.2, 0.25) is 0 Å². The second-order valence-corrected chi connectivity index (χ2v) is 6.70. The summed E-state index contributed by atoms with van der Waals surface area (Å²) in [4.78, 5) is 0. The molecule has 0 unspecified atom stereocenters. The van der Waals surface area contributed by atoms with Crippen LogP contribution in [0, 0.1) is 0 Å². The summed E-state index contributed by atoms with van der Waals surface area (Å²) in [5.74, 6) is 0. The number of hydrogen-bond donors (Lipinski definition) is 0. The molecule has 2 bridgehead atoms. The lowest BCUT2D eigenvalue weighted by Crippen LogP contribution is -1.91. The van der Waals surface area contributed by atoms with Gasteiger partial charge in [-0.25, -0.2) is 0 Å². The maximum absolute atomic E-state index is 3.59. The molecule has 0 saturated heterocycles. The Morgan fingerprint density at radius 2 is 0.600 bits per heavy atom. The van der Waals surface area contributed by atoms with Crippen LogP contribution in [-0.2, 0) is 0 Å². The van der Waals surface area contributed by atoms with Crippen molar-refractivity contribution < 1.29 is 0 Å². The minimum atomic E-state index is 1.28. The van der Waals surface area contributed by atoms with Gasteiger partial charge in [-0.15, -0.1) is 0 Å². The van der Waals surface area contributed by atoms with Gasteiger partial charge in [0.15, 0.2) is 0 Å². The monoisotopic (exact) mass is 272 g/mol. The Kier molecular flexibility index (Phi) is 7.91. The molecule has 0 saturated carbocycles. The average molecular weight is 272 g/mol. The van der Waals surface area contributed by atoms with E-state index in [-0.39, 0.29) is 0 Å². The van der Waals surface area contributed by atoms with E-state index >= 15 is 0 Å². The van der Waals surface area contributed by atoms with Gasteiger partial charge < -0.3 is 0 Å². The molecule has 0 heterocycles.